The van der Waals surface area contributed by atoms with Crippen molar-refractivity contribution in [3.8, 4) is 0 Å². The zero-order valence-corrected chi connectivity index (χ0v) is 8.93. The van der Waals surface area contributed by atoms with E-state index in [1.54, 1.807) is 24.3 Å². The van der Waals surface area contributed by atoms with Gasteiger partial charge in [-0.25, -0.2) is 0 Å². The number of hydrogen-bond acceptors (Lipinski definition) is 3. The summed E-state index contributed by atoms with van der Waals surface area (Å²) in [5.74, 6) is -0.0937. The van der Waals surface area contributed by atoms with Crippen LogP contribution in [0.3, 0.4) is 0 Å². The molecular formula is C13H11NO2. The zero-order valence-electron chi connectivity index (χ0n) is 8.93. The molecule has 0 radical (unpaired) electrons. The number of Topliss-reactive ketones (excluding diaryl/α,β-unsaturated/α-hetero) is 1. The van der Waals surface area contributed by atoms with Gasteiger partial charge in [-0.1, -0.05) is 24.3 Å². The first-order valence-corrected chi connectivity index (χ1v) is 5.35. The van der Waals surface area contributed by atoms with Crippen molar-refractivity contribution in [3.63, 3.8) is 0 Å². The van der Waals surface area contributed by atoms with E-state index in [0.717, 1.165) is 6.54 Å². The van der Waals surface area contributed by atoms with Crippen LogP contribution in [0, 0.1) is 0 Å². The van der Waals surface area contributed by atoms with Crippen LogP contribution in [0.1, 0.15) is 27.6 Å². The predicted octanol–water partition coefficient (Wildman–Crippen LogP) is 1.65. The Morgan fingerprint density at radius 1 is 1.19 bits per heavy atom. The number of hydrogen-bond donors (Lipinski definition) is 0. The summed E-state index contributed by atoms with van der Waals surface area (Å²) in [5, 5.41) is 0. The summed E-state index contributed by atoms with van der Waals surface area (Å²) in [4.78, 5) is 25.9. The van der Waals surface area contributed by atoms with Gasteiger partial charge < -0.3 is 4.90 Å². The van der Waals surface area contributed by atoms with Crippen molar-refractivity contribution in [3.05, 3.63) is 47.2 Å². The lowest BCUT2D eigenvalue weighted by molar-refractivity contribution is 0.0969. The van der Waals surface area contributed by atoms with E-state index < -0.39 is 0 Å². The van der Waals surface area contributed by atoms with E-state index in [4.69, 9.17) is 0 Å². The number of fused-ring (bicyclic) bond motifs is 1. The molecule has 1 aromatic rings. The molecule has 3 nitrogen and oxygen atoms in total. The van der Waals surface area contributed by atoms with Crippen LogP contribution in [0.4, 0.5) is 0 Å². The summed E-state index contributed by atoms with van der Waals surface area (Å²) < 4.78 is 0. The molecule has 1 aromatic carbocycles. The van der Waals surface area contributed by atoms with E-state index in [1.807, 2.05) is 11.8 Å². The first-order valence-electron chi connectivity index (χ1n) is 5.35. The third-order valence-electron chi connectivity index (χ3n) is 3.11. The molecule has 16 heavy (non-hydrogen) atoms. The lowest BCUT2D eigenvalue weighted by Crippen LogP contribution is -2.21. The zero-order chi connectivity index (χ0) is 11.3. The lowest BCUT2D eigenvalue weighted by atomic mass is 9.93. The van der Waals surface area contributed by atoms with Gasteiger partial charge >= 0.3 is 0 Å². The lowest BCUT2D eigenvalue weighted by Gasteiger charge is -2.16. The Balaban J connectivity index is 2.09. The van der Waals surface area contributed by atoms with Crippen LogP contribution in [0.2, 0.25) is 0 Å². The number of nitrogens with zero attached hydrogens (tertiary/aromatic N) is 1. The Morgan fingerprint density at radius 2 is 1.81 bits per heavy atom. The maximum absolute atomic E-state index is 12.1. The number of rotatable bonds is 1. The molecule has 1 aliphatic heterocycles. The van der Waals surface area contributed by atoms with Gasteiger partial charge in [-0.2, -0.15) is 0 Å². The highest BCUT2D eigenvalue weighted by atomic mass is 16.1. The molecule has 0 N–H and O–H groups in total. The molecule has 1 atom stereocenters. The van der Waals surface area contributed by atoms with Crippen molar-refractivity contribution in [2.75, 3.05) is 6.54 Å². The molecule has 1 saturated heterocycles. The Kier molecular flexibility index (Phi) is 1.78. The van der Waals surface area contributed by atoms with Gasteiger partial charge in [0.05, 0.1) is 5.70 Å². The molecule has 0 unspecified atom stereocenters. The Labute approximate surface area is 93.4 Å². The molecule has 0 bridgehead atoms. The maximum atomic E-state index is 12.1. The van der Waals surface area contributed by atoms with Gasteiger partial charge in [-0.3, -0.25) is 9.59 Å². The standard InChI is InChI=1S/C13H11NO2/c1-8-7-14(8)11-6-12(15)9-4-2-3-5-10(9)13(11)16/h2-6,8H,7H2,1H3/t8-,14?/m0/s1. The molecule has 0 aromatic heterocycles. The first kappa shape index (κ1) is 9.33. The highest BCUT2D eigenvalue weighted by molar-refractivity contribution is 6.24. The van der Waals surface area contributed by atoms with Crippen molar-refractivity contribution < 1.29 is 9.59 Å². The second-order valence-electron chi connectivity index (χ2n) is 4.27. The minimum absolute atomic E-state index is 0.0282. The normalized spacial score (nSPS) is 22.9. The van der Waals surface area contributed by atoms with E-state index in [2.05, 4.69) is 0 Å². The summed E-state index contributed by atoms with van der Waals surface area (Å²) >= 11 is 0. The third kappa shape index (κ3) is 1.21. The van der Waals surface area contributed by atoms with Crippen LogP contribution in [-0.4, -0.2) is 29.1 Å². The molecule has 3 heteroatoms. The fraction of sp³-hybridized carbons (Fsp3) is 0.231. The van der Waals surface area contributed by atoms with Gasteiger partial charge in [-0.15, -0.1) is 0 Å². The molecule has 3 rings (SSSR count). The number of ketones is 2. The first-order chi connectivity index (χ1) is 7.68. The highest BCUT2D eigenvalue weighted by Crippen LogP contribution is 2.30. The summed E-state index contributed by atoms with van der Waals surface area (Å²) in [6.07, 6.45) is 1.47. The van der Waals surface area contributed by atoms with E-state index >= 15 is 0 Å². The van der Waals surface area contributed by atoms with Crippen LogP contribution in [0.25, 0.3) is 0 Å². The van der Waals surface area contributed by atoms with Crippen molar-refractivity contribution in [2.45, 2.75) is 13.0 Å². The van der Waals surface area contributed by atoms with Crippen molar-refractivity contribution in [2.24, 2.45) is 0 Å². The molecule has 2 aliphatic rings. The largest absolute Gasteiger partial charge is 0.362 e. The minimum atomic E-state index is -0.0655. The average Bonchev–Trinajstić information content (AvgIpc) is 3.01. The van der Waals surface area contributed by atoms with E-state index in [1.165, 1.54) is 6.08 Å². The topological polar surface area (TPSA) is 37.1 Å². The van der Waals surface area contributed by atoms with Gasteiger partial charge in [0.2, 0.25) is 5.78 Å². The number of carbonyl (C=O) groups excluding carboxylic acids is 2. The summed E-state index contributed by atoms with van der Waals surface area (Å²) in [6.45, 7) is 2.91. The molecule has 0 saturated carbocycles. The van der Waals surface area contributed by atoms with Crippen LogP contribution < -0.4 is 0 Å². The third-order valence-corrected chi connectivity index (χ3v) is 3.11. The monoisotopic (exact) mass is 213 g/mol. The quantitative estimate of drug-likeness (QED) is 0.666. The van der Waals surface area contributed by atoms with Gasteiger partial charge in [0.25, 0.3) is 0 Å². The number of allylic oxidation sites excluding steroid dienone is 2. The van der Waals surface area contributed by atoms with Gasteiger partial charge in [0.1, 0.15) is 0 Å². The molecular weight excluding hydrogens is 202 g/mol. The predicted molar refractivity (Wildman–Crippen MR) is 59.4 cm³/mol. The van der Waals surface area contributed by atoms with Crippen LogP contribution in [0.15, 0.2) is 36.0 Å². The van der Waals surface area contributed by atoms with E-state index in [9.17, 15) is 9.59 Å². The Hall–Kier alpha value is -1.90. The average molecular weight is 213 g/mol. The summed E-state index contributed by atoms with van der Waals surface area (Å²) in [6, 6.07) is 7.38. The highest BCUT2D eigenvalue weighted by Gasteiger charge is 2.38. The van der Waals surface area contributed by atoms with Crippen LogP contribution >= 0.6 is 0 Å². The SMILES string of the molecule is C[C@H]1CN1C1=CC(=O)c2ccccc2C1=O. The van der Waals surface area contributed by atoms with Gasteiger partial charge in [-0.05, 0) is 6.92 Å². The van der Waals surface area contributed by atoms with E-state index in [0.29, 0.717) is 22.9 Å². The maximum Gasteiger partial charge on any atom is 0.209 e. The van der Waals surface area contributed by atoms with Crippen molar-refractivity contribution in [1.29, 1.82) is 0 Å². The Morgan fingerprint density at radius 3 is 2.44 bits per heavy atom. The molecule has 1 fully saturated rings. The van der Waals surface area contributed by atoms with Crippen molar-refractivity contribution >= 4 is 11.6 Å². The summed E-state index contributed by atoms with van der Waals surface area (Å²) in [5.41, 5.74) is 1.60. The number of benzene rings is 1. The molecule has 1 aliphatic carbocycles. The smallest absolute Gasteiger partial charge is 0.209 e. The number of carbonyl (C=O) groups is 2. The van der Waals surface area contributed by atoms with Crippen molar-refractivity contribution in [1.82, 2.24) is 4.90 Å². The second-order valence-corrected chi connectivity index (χ2v) is 4.27. The van der Waals surface area contributed by atoms with Gasteiger partial charge in [0.15, 0.2) is 5.78 Å². The fourth-order valence-electron chi connectivity index (χ4n) is 2.09. The van der Waals surface area contributed by atoms with E-state index in [-0.39, 0.29) is 11.6 Å². The van der Waals surface area contributed by atoms with Crippen LogP contribution in [0.5, 0.6) is 0 Å². The second kappa shape index (κ2) is 3.04. The molecule has 80 valence electrons. The molecule has 1 heterocycles. The molecule has 0 amide bonds. The Bertz CT molecular complexity index is 530. The van der Waals surface area contributed by atoms with Gasteiger partial charge in [0, 0.05) is 29.8 Å². The summed E-state index contributed by atoms with van der Waals surface area (Å²) in [7, 11) is 0. The van der Waals surface area contributed by atoms with Crippen LogP contribution in [-0.2, 0) is 0 Å². The molecule has 0 spiro atoms. The fourth-order valence-corrected chi connectivity index (χ4v) is 2.09. The minimum Gasteiger partial charge on any atom is -0.362 e.